The molecular weight excluding hydrogens is 582 g/mol. The SMILES string of the molecule is C[C@@H](O)[C@H]1C(=O)N2C(C(=O)OCOC(=O)C(C)(C)C)=C(SC3CN(Cc4ccc(F)cc4)C3)[C@H](C)[C@H]12.O=P(O)(O)O. The number of fused-ring (bicyclic) bond motifs is 1. The van der Waals surface area contributed by atoms with Gasteiger partial charge in [0.15, 0.2) is 0 Å². The Morgan fingerprint density at radius 1 is 1.15 bits per heavy atom. The Hall–Kier alpha value is -2.32. The van der Waals surface area contributed by atoms with E-state index in [-0.39, 0.29) is 34.6 Å². The second-order valence-corrected chi connectivity index (χ2v) is 13.6. The van der Waals surface area contributed by atoms with Gasteiger partial charge in [0.25, 0.3) is 0 Å². The van der Waals surface area contributed by atoms with Crippen molar-refractivity contribution in [2.45, 2.75) is 58.6 Å². The van der Waals surface area contributed by atoms with Crippen LogP contribution in [-0.2, 0) is 35.0 Å². The molecule has 2 fully saturated rings. The first kappa shape index (κ1) is 33.2. The Labute approximate surface area is 241 Å². The van der Waals surface area contributed by atoms with Gasteiger partial charge in [-0.3, -0.25) is 14.5 Å². The number of hydrogen-bond donors (Lipinski definition) is 4. The summed E-state index contributed by atoms with van der Waals surface area (Å²) in [4.78, 5) is 63.9. The fraction of sp³-hybridized carbons (Fsp3) is 0.577. The van der Waals surface area contributed by atoms with E-state index in [1.807, 2.05) is 6.92 Å². The van der Waals surface area contributed by atoms with E-state index in [0.717, 1.165) is 23.6 Å². The van der Waals surface area contributed by atoms with E-state index in [1.54, 1.807) is 51.6 Å². The molecule has 0 saturated carbocycles. The Kier molecular flexibility index (Phi) is 10.4. The smallest absolute Gasteiger partial charge is 0.427 e. The third-order valence-electron chi connectivity index (χ3n) is 6.83. The lowest BCUT2D eigenvalue weighted by Crippen LogP contribution is -2.63. The van der Waals surface area contributed by atoms with E-state index in [9.17, 15) is 23.9 Å². The van der Waals surface area contributed by atoms with E-state index in [2.05, 4.69) is 4.90 Å². The lowest BCUT2D eigenvalue weighted by molar-refractivity contribution is -0.175. The maximum atomic E-state index is 13.2. The number of amides is 1. The molecule has 3 aliphatic rings. The van der Waals surface area contributed by atoms with Crippen molar-refractivity contribution in [1.82, 2.24) is 9.80 Å². The maximum absolute atomic E-state index is 13.2. The number of phosphoric acid groups is 1. The number of benzene rings is 1. The number of rotatable bonds is 8. The number of β-lactam (4-membered cyclic amide) rings is 1. The lowest BCUT2D eigenvalue weighted by Gasteiger charge is -2.46. The number of thioether (sulfide) groups is 1. The molecule has 15 heteroatoms. The molecule has 4 N–H and O–H groups in total. The van der Waals surface area contributed by atoms with Crippen LogP contribution in [0.25, 0.3) is 0 Å². The van der Waals surface area contributed by atoms with Gasteiger partial charge < -0.3 is 34.2 Å². The predicted molar refractivity (Wildman–Crippen MR) is 146 cm³/mol. The standard InChI is InChI=1S/C26H33FN2O6S.H3O4P/c1-14-20-19(15(2)30)23(31)29(20)21(24(32)34-13-35-25(33)26(3,4)5)22(14)36-18-11-28(12-18)10-16-6-8-17(27)9-7-16;1-5(2,3)4/h6-9,14-15,18-20,30H,10-13H2,1-5H3;(H3,1,2,3,4)/t14-,15-,19-,20-;/m1./s1. The lowest BCUT2D eigenvalue weighted by atomic mass is 9.79. The summed E-state index contributed by atoms with van der Waals surface area (Å²) in [6, 6.07) is 6.12. The second kappa shape index (κ2) is 12.9. The topological polar surface area (TPSA) is 174 Å². The predicted octanol–water partition coefficient (Wildman–Crippen LogP) is 1.97. The van der Waals surface area contributed by atoms with Gasteiger partial charge >= 0.3 is 19.8 Å². The molecule has 1 aromatic rings. The monoisotopic (exact) mass is 618 g/mol. The van der Waals surface area contributed by atoms with Crippen molar-refractivity contribution < 1.29 is 52.6 Å². The summed E-state index contributed by atoms with van der Waals surface area (Å²) in [6.45, 7) is 10.4. The Morgan fingerprint density at radius 3 is 2.22 bits per heavy atom. The fourth-order valence-electron chi connectivity index (χ4n) is 4.84. The highest BCUT2D eigenvalue weighted by atomic mass is 32.2. The summed E-state index contributed by atoms with van der Waals surface area (Å²) in [6.07, 6.45) is -0.828. The molecule has 0 radical (unpaired) electrons. The minimum atomic E-state index is -4.64. The summed E-state index contributed by atoms with van der Waals surface area (Å²) in [5.74, 6) is -2.49. The molecule has 0 unspecified atom stereocenters. The Bertz CT molecular complexity index is 1220. The van der Waals surface area contributed by atoms with Gasteiger partial charge in [-0.1, -0.05) is 19.1 Å². The summed E-state index contributed by atoms with van der Waals surface area (Å²) >= 11 is 1.56. The maximum Gasteiger partial charge on any atom is 0.466 e. The zero-order valence-corrected chi connectivity index (χ0v) is 25.1. The zero-order valence-electron chi connectivity index (χ0n) is 23.4. The number of aliphatic hydroxyl groups excluding tert-OH is 1. The van der Waals surface area contributed by atoms with Crippen LogP contribution in [0, 0.1) is 23.1 Å². The van der Waals surface area contributed by atoms with Crippen LogP contribution in [0.1, 0.15) is 40.2 Å². The fourth-order valence-corrected chi connectivity index (χ4v) is 6.42. The molecule has 4 rings (SSSR count). The van der Waals surface area contributed by atoms with Crippen LogP contribution in [0.2, 0.25) is 0 Å². The molecule has 0 aromatic heterocycles. The summed E-state index contributed by atoms with van der Waals surface area (Å²) < 4.78 is 32.4. The minimum Gasteiger partial charge on any atom is -0.427 e. The molecule has 12 nitrogen and oxygen atoms in total. The highest BCUT2D eigenvalue weighted by molar-refractivity contribution is 8.03. The van der Waals surface area contributed by atoms with E-state index >= 15 is 0 Å². The molecule has 1 amide bonds. The number of esters is 2. The molecule has 0 aliphatic carbocycles. The van der Waals surface area contributed by atoms with Gasteiger partial charge in [-0.15, -0.1) is 11.8 Å². The summed E-state index contributed by atoms with van der Waals surface area (Å²) in [7, 11) is -4.64. The van der Waals surface area contributed by atoms with Crippen LogP contribution >= 0.6 is 19.6 Å². The van der Waals surface area contributed by atoms with Gasteiger partial charge in [0.2, 0.25) is 12.7 Å². The first-order chi connectivity index (χ1) is 18.9. The van der Waals surface area contributed by atoms with E-state index in [0.29, 0.717) is 6.54 Å². The molecule has 0 bridgehead atoms. The van der Waals surface area contributed by atoms with E-state index in [1.165, 1.54) is 17.0 Å². The molecule has 1 aromatic carbocycles. The highest BCUT2D eigenvalue weighted by Crippen LogP contribution is 2.52. The van der Waals surface area contributed by atoms with Crippen molar-refractivity contribution in [1.29, 1.82) is 0 Å². The van der Waals surface area contributed by atoms with E-state index < -0.39 is 44.0 Å². The Balaban J connectivity index is 0.000000850. The molecule has 228 valence electrons. The van der Waals surface area contributed by atoms with Crippen LogP contribution in [0.5, 0.6) is 0 Å². The average Bonchev–Trinajstić information content (AvgIpc) is 3.04. The van der Waals surface area contributed by atoms with Crippen LogP contribution < -0.4 is 0 Å². The minimum absolute atomic E-state index is 0.141. The molecule has 4 atom stereocenters. The van der Waals surface area contributed by atoms with Crippen molar-refractivity contribution >= 4 is 37.4 Å². The van der Waals surface area contributed by atoms with Crippen molar-refractivity contribution in [2.75, 3.05) is 19.9 Å². The largest absolute Gasteiger partial charge is 0.466 e. The van der Waals surface area contributed by atoms with Crippen molar-refractivity contribution in [3.63, 3.8) is 0 Å². The van der Waals surface area contributed by atoms with E-state index in [4.69, 9.17) is 28.7 Å². The van der Waals surface area contributed by atoms with Crippen molar-refractivity contribution in [3.05, 3.63) is 46.2 Å². The molecular formula is C26H36FN2O10PS. The number of aliphatic hydroxyl groups is 1. The zero-order chi connectivity index (χ0) is 30.9. The number of hydrogen-bond acceptors (Lipinski definition) is 9. The van der Waals surface area contributed by atoms with Gasteiger partial charge in [-0.25, -0.2) is 13.8 Å². The quantitative estimate of drug-likeness (QED) is 0.145. The van der Waals surface area contributed by atoms with Crippen molar-refractivity contribution in [2.24, 2.45) is 17.3 Å². The number of halogens is 1. The number of nitrogens with zero attached hydrogens (tertiary/aromatic N) is 2. The molecule has 2 saturated heterocycles. The number of likely N-dealkylation sites (tertiary alicyclic amines) is 1. The van der Waals surface area contributed by atoms with Gasteiger partial charge in [0, 0.05) is 35.7 Å². The molecule has 3 heterocycles. The third-order valence-corrected chi connectivity index (χ3v) is 8.28. The molecule has 41 heavy (non-hydrogen) atoms. The first-order valence-electron chi connectivity index (χ1n) is 12.9. The highest BCUT2D eigenvalue weighted by Gasteiger charge is 2.60. The summed E-state index contributed by atoms with van der Waals surface area (Å²) in [5, 5.41) is 10.4. The van der Waals surface area contributed by atoms with Gasteiger partial charge in [-0.05, 0) is 45.4 Å². The number of carbonyl (C=O) groups is 3. The van der Waals surface area contributed by atoms with Crippen LogP contribution in [0.15, 0.2) is 34.9 Å². The average molecular weight is 619 g/mol. The molecule has 0 spiro atoms. The first-order valence-corrected chi connectivity index (χ1v) is 15.3. The van der Waals surface area contributed by atoms with Crippen LogP contribution in [0.4, 0.5) is 4.39 Å². The molecule has 3 aliphatic heterocycles. The van der Waals surface area contributed by atoms with Gasteiger partial charge in [-0.2, -0.15) is 0 Å². The van der Waals surface area contributed by atoms with Gasteiger partial charge in [0.1, 0.15) is 11.5 Å². The van der Waals surface area contributed by atoms with Crippen LogP contribution in [-0.4, -0.2) is 84.7 Å². The van der Waals surface area contributed by atoms with Crippen molar-refractivity contribution in [3.8, 4) is 0 Å². The normalized spacial score (nSPS) is 23.6. The number of carbonyl (C=O) groups excluding carboxylic acids is 3. The third kappa shape index (κ3) is 8.38. The summed E-state index contributed by atoms with van der Waals surface area (Å²) in [5.41, 5.74) is 0.474. The Morgan fingerprint density at radius 2 is 1.71 bits per heavy atom. The van der Waals surface area contributed by atoms with Crippen LogP contribution in [0.3, 0.4) is 0 Å². The second-order valence-electron chi connectivity index (χ2n) is 11.3. The number of ether oxygens (including phenoxy) is 2. The van der Waals surface area contributed by atoms with Gasteiger partial charge in [0.05, 0.1) is 23.5 Å².